The van der Waals surface area contributed by atoms with Crippen LogP contribution in [0, 0.1) is 11.8 Å². The van der Waals surface area contributed by atoms with E-state index in [4.69, 9.17) is 5.84 Å². The summed E-state index contributed by atoms with van der Waals surface area (Å²) in [6, 6.07) is 9.18. The summed E-state index contributed by atoms with van der Waals surface area (Å²) in [5, 5.41) is 4.35. The Hall–Kier alpha value is -0.680. The summed E-state index contributed by atoms with van der Waals surface area (Å²) >= 11 is 5.38. The Balaban J connectivity index is 1.67. The maximum atomic E-state index is 5.88. The molecule has 0 saturated heterocycles. The standard InChI is InChI=1S/C16H17BrN2S/c17-13-8-20-7-12(13)16(19-18)15-11-6-5-9-3-1-2-4-10(9)14(11)15/h1-4,7-8,11,14-16,19H,5-6,18H2. The van der Waals surface area contributed by atoms with E-state index in [9.17, 15) is 0 Å². The van der Waals surface area contributed by atoms with Gasteiger partial charge in [0.15, 0.2) is 0 Å². The number of hydrogen-bond donors (Lipinski definition) is 2. The highest BCUT2D eigenvalue weighted by Gasteiger charge is 2.56. The third-order valence-electron chi connectivity index (χ3n) is 4.93. The number of thiophene rings is 1. The van der Waals surface area contributed by atoms with Gasteiger partial charge in [0.2, 0.25) is 0 Å². The van der Waals surface area contributed by atoms with Crippen molar-refractivity contribution >= 4 is 27.3 Å². The van der Waals surface area contributed by atoms with E-state index in [0.29, 0.717) is 11.8 Å². The molecule has 0 bridgehead atoms. The fraction of sp³-hybridized carbons (Fsp3) is 0.375. The van der Waals surface area contributed by atoms with Gasteiger partial charge in [-0.15, -0.1) is 0 Å². The fourth-order valence-electron chi connectivity index (χ4n) is 4.00. The topological polar surface area (TPSA) is 38.0 Å². The number of halogens is 1. The first-order valence-electron chi connectivity index (χ1n) is 7.06. The summed E-state index contributed by atoms with van der Waals surface area (Å²) in [6.45, 7) is 0. The van der Waals surface area contributed by atoms with E-state index >= 15 is 0 Å². The zero-order chi connectivity index (χ0) is 13.7. The van der Waals surface area contributed by atoms with Gasteiger partial charge in [0, 0.05) is 9.85 Å². The molecule has 2 aromatic rings. The molecule has 1 heterocycles. The van der Waals surface area contributed by atoms with Gasteiger partial charge >= 0.3 is 0 Å². The van der Waals surface area contributed by atoms with Crippen molar-refractivity contribution in [2.45, 2.75) is 24.8 Å². The number of fused-ring (bicyclic) bond motifs is 3. The molecule has 0 aliphatic heterocycles. The summed E-state index contributed by atoms with van der Waals surface area (Å²) in [5.41, 5.74) is 7.48. The van der Waals surface area contributed by atoms with Gasteiger partial charge in [-0.3, -0.25) is 11.3 Å². The number of benzene rings is 1. The Morgan fingerprint density at radius 3 is 2.90 bits per heavy atom. The SMILES string of the molecule is NNC(c1cscc1Br)C1C2CCc3ccccc3C21. The second-order valence-electron chi connectivity index (χ2n) is 5.82. The molecule has 4 heteroatoms. The molecule has 2 nitrogen and oxygen atoms in total. The van der Waals surface area contributed by atoms with Crippen LogP contribution in [0.2, 0.25) is 0 Å². The van der Waals surface area contributed by atoms with Gasteiger partial charge in [-0.1, -0.05) is 24.3 Å². The molecular weight excluding hydrogens is 332 g/mol. The van der Waals surface area contributed by atoms with Crippen LogP contribution in [0.1, 0.15) is 35.1 Å². The number of hydrogen-bond acceptors (Lipinski definition) is 3. The molecule has 104 valence electrons. The van der Waals surface area contributed by atoms with E-state index in [1.54, 1.807) is 16.9 Å². The molecule has 20 heavy (non-hydrogen) atoms. The quantitative estimate of drug-likeness (QED) is 0.650. The molecule has 0 radical (unpaired) electrons. The van der Waals surface area contributed by atoms with Crippen molar-refractivity contribution in [1.29, 1.82) is 0 Å². The van der Waals surface area contributed by atoms with Crippen LogP contribution >= 0.6 is 27.3 Å². The van der Waals surface area contributed by atoms with Gasteiger partial charge in [-0.25, -0.2) is 0 Å². The third-order valence-corrected chi connectivity index (χ3v) is 6.68. The summed E-state index contributed by atoms with van der Waals surface area (Å²) in [5.74, 6) is 7.99. The first-order chi connectivity index (χ1) is 9.81. The minimum absolute atomic E-state index is 0.261. The lowest BCUT2D eigenvalue weighted by Crippen LogP contribution is -2.30. The largest absolute Gasteiger partial charge is 0.271 e. The van der Waals surface area contributed by atoms with Gasteiger partial charge < -0.3 is 0 Å². The Morgan fingerprint density at radius 1 is 1.30 bits per heavy atom. The van der Waals surface area contributed by atoms with E-state index in [1.165, 1.54) is 28.4 Å². The molecule has 1 saturated carbocycles. The molecule has 3 N–H and O–H groups in total. The van der Waals surface area contributed by atoms with Gasteiger partial charge in [0.25, 0.3) is 0 Å². The Kier molecular flexibility index (Phi) is 3.22. The van der Waals surface area contributed by atoms with Crippen molar-refractivity contribution in [1.82, 2.24) is 5.43 Å². The first-order valence-corrected chi connectivity index (χ1v) is 8.80. The zero-order valence-corrected chi connectivity index (χ0v) is 13.5. The van der Waals surface area contributed by atoms with Crippen molar-refractivity contribution < 1.29 is 0 Å². The fourth-order valence-corrected chi connectivity index (χ4v) is 5.58. The molecule has 1 fully saturated rings. The highest BCUT2D eigenvalue weighted by molar-refractivity contribution is 9.10. The highest BCUT2D eigenvalue weighted by atomic mass is 79.9. The maximum absolute atomic E-state index is 5.88. The van der Waals surface area contributed by atoms with Gasteiger partial charge in [-0.2, -0.15) is 11.3 Å². The molecule has 1 aromatic heterocycles. The Bertz CT molecular complexity index is 639. The monoisotopic (exact) mass is 348 g/mol. The van der Waals surface area contributed by atoms with Gasteiger partial charge in [-0.05, 0) is 68.6 Å². The maximum Gasteiger partial charge on any atom is 0.0516 e. The molecule has 0 amide bonds. The lowest BCUT2D eigenvalue weighted by Gasteiger charge is -2.16. The van der Waals surface area contributed by atoms with Crippen LogP contribution in [0.4, 0.5) is 0 Å². The van der Waals surface area contributed by atoms with Crippen molar-refractivity contribution in [2.75, 3.05) is 0 Å². The smallest absolute Gasteiger partial charge is 0.0516 e. The van der Waals surface area contributed by atoms with E-state index in [1.807, 2.05) is 0 Å². The second kappa shape index (κ2) is 4.95. The van der Waals surface area contributed by atoms with E-state index in [0.717, 1.165) is 5.92 Å². The van der Waals surface area contributed by atoms with Crippen LogP contribution in [0.15, 0.2) is 39.5 Å². The Morgan fingerprint density at radius 2 is 2.15 bits per heavy atom. The van der Waals surface area contributed by atoms with Crippen LogP contribution in [0.3, 0.4) is 0 Å². The van der Waals surface area contributed by atoms with E-state index in [-0.39, 0.29) is 6.04 Å². The third kappa shape index (κ3) is 1.90. The van der Waals surface area contributed by atoms with E-state index in [2.05, 4.69) is 56.4 Å². The normalized spacial score (nSPS) is 28.6. The first kappa shape index (κ1) is 13.0. The highest BCUT2D eigenvalue weighted by Crippen LogP contribution is 2.64. The van der Waals surface area contributed by atoms with Crippen LogP contribution < -0.4 is 11.3 Å². The van der Waals surface area contributed by atoms with Crippen molar-refractivity contribution in [2.24, 2.45) is 17.7 Å². The van der Waals surface area contributed by atoms with Gasteiger partial charge in [0.1, 0.15) is 0 Å². The van der Waals surface area contributed by atoms with Crippen LogP contribution in [-0.4, -0.2) is 0 Å². The van der Waals surface area contributed by atoms with Crippen LogP contribution in [0.5, 0.6) is 0 Å². The molecular formula is C16H17BrN2S. The van der Waals surface area contributed by atoms with Crippen molar-refractivity contribution in [3.05, 3.63) is 56.2 Å². The lowest BCUT2D eigenvalue weighted by atomic mass is 9.92. The van der Waals surface area contributed by atoms with Crippen LogP contribution in [-0.2, 0) is 6.42 Å². The predicted octanol–water partition coefficient (Wildman–Crippen LogP) is 3.99. The van der Waals surface area contributed by atoms with Crippen molar-refractivity contribution in [3.8, 4) is 0 Å². The molecule has 4 rings (SSSR count). The minimum Gasteiger partial charge on any atom is -0.271 e. The summed E-state index contributed by atoms with van der Waals surface area (Å²) in [6.07, 6.45) is 2.52. The predicted molar refractivity (Wildman–Crippen MR) is 86.6 cm³/mol. The average Bonchev–Trinajstić information content (AvgIpc) is 3.06. The summed E-state index contributed by atoms with van der Waals surface area (Å²) in [7, 11) is 0. The number of rotatable bonds is 3. The lowest BCUT2D eigenvalue weighted by molar-refractivity contribution is 0.460. The molecule has 2 aliphatic carbocycles. The summed E-state index contributed by atoms with van der Waals surface area (Å²) in [4.78, 5) is 0. The zero-order valence-electron chi connectivity index (χ0n) is 11.1. The average molecular weight is 349 g/mol. The Labute approximate surface area is 131 Å². The van der Waals surface area contributed by atoms with E-state index < -0.39 is 0 Å². The molecule has 0 spiro atoms. The number of nitrogens with one attached hydrogen (secondary N) is 1. The molecule has 2 aliphatic rings. The molecule has 4 atom stereocenters. The minimum atomic E-state index is 0.261. The van der Waals surface area contributed by atoms with Gasteiger partial charge in [0.05, 0.1) is 6.04 Å². The number of nitrogens with two attached hydrogens (primary N) is 1. The molecule has 1 aromatic carbocycles. The molecule has 4 unspecified atom stereocenters. The van der Waals surface area contributed by atoms with Crippen LogP contribution in [0.25, 0.3) is 0 Å². The summed E-state index contributed by atoms with van der Waals surface area (Å²) < 4.78 is 1.18. The van der Waals surface area contributed by atoms with Crippen molar-refractivity contribution in [3.63, 3.8) is 0 Å². The number of aryl methyl sites for hydroxylation is 1. The number of hydrazine groups is 1. The second-order valence-corrected chi connectivity index (χ2v) is 7.42.